The molecule has 0 radical (unpaired) electrons. The number of nitrogens with zero attached hydrogens (tertiary/aromatic N) is 2. The molecule has 0 atom stereocenters. The van der Waals surface area contributed by atoms with Gasteiger partial charge in [0.25, 0.3) is 5.91 Å². The van der Waals surface area contributed by atoms with Gasteiger partial charge in [-0.1, -0.05) is 6.07 Å². The molecule has 4 aromatic rings. The van der Waals surface area contributed by atoms with Crippen LogP contribution in [0.25, 0.3) is 16.9 Å². The van der Waals surface area contributed by atoms with Gasteiger partial charge in [-0.25, -0.2) is 9.37 Å². The topological polar surface area (TPSA) is 59.5 Å². The van der Waals surface area contributed by atoms with Crippen molar-refractivity contribution in [1.82, 2.24) is 9.38 Å². The first-order chi connectivity index (χ1) is 11.7. The van der Waals surface area contributed by atoms with Crippen LogP contribution in [-0.4, -0.2) is 15.3 Å². The minimum atomic E-state index is -0.381. The molecular weight excluding hydrogens is 309 g/mol. The molecule has 4 rings (SSSR count). The Balaban J connectivity index is 1.84. The molecule has 0 aliphatic rings. The molecule has 6 heteroatoms. The molecule has 1 amide bonds. The third-order valence-corrected chi connectivity index (χ3v) is 3.62. The van der Waals surface area contributed by atoms with Gasteiger partial charge in [-0.3, -0.25) is 9.20 Å². The second-order valence-electron chi connectivity index (χ2n) is 5.18. The van der Waals surface area contributed by atoms with E-state index in [0.717, 1.165) is 0 Å². The lowest BCUT2D eigenvalue weighted by molar-refractivity contribution is 0.0996. The zero-order chi connectivity index (χ0) is 16.5. The summed E-state index contributed by atoms with van der Waals surface area (Å²) >= 11 is 0. The van der Waals surface area contributed by atoms with Crippen LogP contribution in [-0.2, 0) is 0 Å². The Hall–Kier alpha value is -3.41. The van der Waals surface area contributed by atoms with Crippen LogP contribution in [0.15, 0.2) is 71.5 Å². The van der Waals surface area contributed by atoms with Crippen molar-refractivity contribution < 1.29 is 13.6 Å². The summed E-state index contributed by atoms with van der Waals surface area (Å²) in [5.41, 5.74) is 1.93. The van der Waals surface area contributed by atoms with Gasteiger partial charge in [0.05, 0.1) is 6.26 Å². The molecule has 0 saturated carbocycles. The molecule has 5 nitrogen and oxygen atoms in total. The third kappa shape index (κ3) is 2.44. The molecule has 0 aliphatic heterocycles. The van der Waals surface area contributed by atoms with E-state index in [-0.39, 0.29) is 17.5 Å². The van der Waals surface area contributed by atoms with Crippen molar-refractivity contribution in [3.05, 3.63) is 78.6 Å². The van der Waals surface area contributed by atoms with E-state index in [4.69, 9.17) is 4.42 Å². The molecule has 0 spiro atoms. The van der Waals surface area contributed by atoms with E-state index in [1.165, 1.54) is 18.4 Å². The van der Waals surface area contributed by atoms with Crippen LogP contribution < -0.4 is 5.32 Å². The molecule has 0 fully saturated rings. The highest BCUT2D eigenvalue weighted by Crippen LogP contribution is 2.29. The summed E-state index contributed by atoms with van der Waals surface area (Å²) in [7, 11) is 0. The fourth-order valence-corrected chi connectivity index (χ4v) is 2.50. The van der Waals surface area contributed by atoms with E-state index in [1.807, 2.05) is 18.2 Å². The number of furan rings is 1. The number of halogens is 1. The summed E-state index contributed by atoms with van der Waals surface area (Å²) in [5.74, 6) is -0.0118. The molecule has 0 unspecified atom stereocenters. The SMILES string of the molecule is O=C(Nc1c(-c2ccc(F)cc2)nc2ccccn12)c1ccco1. The Bertz CT molecular complexity index is 1000. The van der Waals surface area contributed by atoms with E-state index >= 15 is 0 Å². The molecule has 1 N–H and O–H groups in total. The molecule has 3 aromatic heterocycles. The van der Waals surface area contributed by atoms with Gasteiger partial charge in [0.2, 0.25) is 0 Å². The number of amides is 1. The monoisotopic (exact) mass is 321 g/mol. The number of hydrogen-bond acceptors (Lipinski definition) is 3. The van der Waals surface area contributed by atoms with E-state index in [2.05, 4.69) is 10.3 Å². The largest absolute Gasteiger partial charge is 0.459 e. The second kappa shape index (κ2) is 5.66. The summed E-state index contributed by atoms with van der Waals surface area (Å²) < 4.78 is 20.1. The highest BCUT2D eigenvalue weighted by atomic mass is 19.1. The zero-order valence-electron chi connectivity index (χ0n) is 12.4. The van der Waals surface area contributed by atoms with Gasteiger partial charge >= 0.3 is 0 Å². The summed E-state index contributed by atoms with van der Waals surface area (Å²) in [6.07, 6.45) is 3.23. The van der Waals surface area contributed by atoms with Gasteiger partial charge in [-0.2, -0.15) is 0 Å². The summed E-state index contributed by atoms with van der Waals surface area (Å²) in [5, 5.41) is 2.82. The minimum Gasteiger partial charge on any atom is -0.459 e. The van der Waals surface area contributed by atoms with Gasteiger partial charge in [0.1, 0.15) is 23.0 Å². The van der Waals surface area contributed by atoms with Gasteiger partial charge in [0, 0.05) is 11.8 Å². The fraction of sp³-hybridized carbons (Fsp3) is 0. The standard InChI is InChI=1S/C18H12FN3O2/c19-13-8-6-12(7-9-13)16-17(21-18(23)14-4-3-11-24-14)22-10-2-1-5-15(22)20-16/h1-11H,(H,21,23). The number of rotatable bonds is 3. The molecule has 0 aliphatic carbocycles. The first kappa shape index (κ1) is 14.2. The number of nitrogens with one attached hydrogen (secondary N) is 1. The van der Waals surface area contributed by atoms with Crippen molar-refractivity contribution in [2.75, 3.05) is 5.32 Å². The minimum absolute atomic E-state index is 0.200. The van der Waals surface area contributed by atoms with Crippen molar-refractivity contribution in [2.45, 2.75) is 0 Å². The number of hydrogen-bond donors (Lipinski definition) is 1. The third-order valence-electron chi connectivity index (χ3n) is 3.62. The number of imidazole rings is 1. The normalized spacial score (nSPS) is 10.9. The van der Waals surface area contributed by atoms with Gasteiger partial charge in [-0.05, 0) is 48.5 Å². The van der Waals surface area contributed by atoms with Crippen molar-refractivity contribution in [1.29, 1.82) is 0 Å². The number of benzene rings is 1. The van der Waals surface area contributed by atoms with E-state index in [9.17, 15) is 9.18 Å². The maximum absolute atomic E-state index is 13.2. The lowest BCUT2D eigenvalue weighted by Gasteiger charge is -2.06. The van der Waals surface area contributed by atoms with E-state index in [1.54, 1.807) is 34.9 Å². The summed E-state index contributed by atoms with van der Waals surface area (Å²) in [6, 6.07) is 14.7. The average Bonchev–Trinajstić information content (AvgIpc) is 3.24. The Morgan fingerprint density at radius 1 is 1.08 bits per heavy atom. The van der Waals surface area contributed by atoms with Crippen LogP contribution >= 0.6 is 0 Å². The molecule has 24 heavy (non-hydrogen) atoms. The predicted octanol–water partition coefficient (Wildman–Crippen LogP) is 3.99. The quantitative estimate of drug-likeness (QED) is 0.621. The fourth-order valence-electron chi connectivity index (χ4n) is 2.50. The Kier molecular flexibility index (Phi) is 3.35. The van der Waals surface area contributed by atoms with Gasteiger partial charge in [-0.15, -0.1) is 0 Å². The highest BCUT2D eigenvalue weighted by Gasteiger charge is 2.18. The molecule has 3 heterocycles. The number of carbonyl (C=O) groups excluding carboxylic acids is 1. The Morgan fingerprint density at radius 3 is 2.67 bits per heavy atom. The van der Waals surface area contributed by atoms with Gasteiger partial charge < -0.3 is 9.73 Å². The lowest BCUT2D eigenvalue weighted by Crippen LogP contribution is -2.13. The van der Waals surface area contributed by atoms with Crippen molar-refractivity contribution in [3.8, 4) is 11.3 Å². The first-order valence-corrected chi connectivity index (χ1v) is 7.30. The van der Waals surface area contributed by atoms with Crippen LogP contribution in [0.2, 0.25) is 0 Å². The van der Waals surface area contributed by atoms with Crippen molar-refractivity contribution >= 4 is 17.4 Å². The molecule has 118 valence electrons. The van der Waals surface area contributed by atoms with Crippen LogP contribution in [0.5, 0.6) is 0 Å². The Morgan fingerprint density at radius 2 is 1.92 bits per heavy atom. The average molecular weight is 321 g/mol. The predicted molar refractivity (Wildman–Crippen MR) is 87.2 cm³/mol. The van der Waals surface area contributed by atoms with Gasteiger partial charge in [0.15, 0.2) is 5.76 Å². The van der Waals surface area contributed by atoms with Crippen molar-refractivity contribution in [2.24, 2.45) is 0 Å². The maximum Gasteiger partial charge on any atom is 0.292 e. The summed E-state index contributed by atoms with van der Waals surface area (Å²) in [6.45, 7) is 0. The van der Waals surface area contributed by atoms with E-state index in [0.29, 0.717) is 22.7 Å². The summed E-state index contributed by atoms with van der Waals surface area (Å²) in [4.78, 5) is 16.9. The van der Waals surface area contributed by atoms with Crippen molar-refractivity contribution in [3.63, 3.8) is 0 Å². The first-order valence-electron chi connectivity index (χ1n) is 7.30. The lowest BCUT2D eigenvalue weighted by atomic mass is 10.1. The number of aromatic nitrogens is 2. The van der Waals surface area contributed by atoms with Crippen LogP contribution in [0.1, 0.15) is 10.6 Å². The Labute approximate surface area is 136 Å². The smallest absolute Gasteiger partial charge is 0.292 e. The second-order valence-corrected chi connectivity index (χ2v) is 5.18. The molecular formula is C18H12FN3O2. The number of fused-ring (bicyclic) bond motifs is 1. The maximum atomic E-state index is 13.2. The molecule has 0 bridgehead atoms. The number of carbonyl (C=O) groups is 1. The zero-order valence-corrected chi connectivity index (χ0v) is 12.4. The number of anilines is 1. The van der Waals surface area contributed by atoms with Crippen LogP contribution in [0, 0.1) is 5.82 Å². The van der Waals surface area contributed by atoms with E-state index < -0.39 is 0 Å². The van der Waals surface area contributed by atoms with Crippen LogP contribution in [0.3, 0.4) is 0 Å². The number of pyridine rings is 1. The highest BCUT2D eigenvalue weighted by molar-refractivity contribution is 6.04. The molecule has 1 aromatic carbocycles. The molecule has 0 saturated heterocycles. The van der Waals surface area contributed by atoms with Crippen LogP contribution in [0.4, 0.5) is 10.2 Å².